The number of terminal acetylenes is 1. The molecule has 1 fully saturated rings. The lowest BCUT2D eigenvalue weighted by atomic mass is 10.0. The van der Waals surface area contributed by atoms with E-state index >= 15 is 0 Å². The van der Waals surface area contributed by atoms with Gasteiger partial charge in [0.05, 0.1) is 17.7 Å². The fourth-order valence-corrected chi connectivity index (χ4v) is 4.14. The average molecular weight is 404 g/mol. The lowest BCUT2D eigenvalue weighted by Gasteiger charge is -2.10. The van der Waals surface area contributed by atoms with Crippen molar-refractivity contribution < 1.29 is 18.8 Å². The number of nitrogens with one attached hydrogen (secondary N) is 2. The number of hydrogen-bond donors (Lipinski definition) is 2. The Kier molecular flexibility index (Phi) is 4.63. The summed E-state index contributed by atoms with van der Waals surface area (Å²) in [5.41, 5.74) is 1.70. The van der Waals surface area contributed by atoms with Gasteiger partial charge in [-0.15, -0.1) is 6.42 Å². The van der Waals surface area contributed by atoms with E-state index in [1.807, 2.05) is 4.57 Å². The number of rotatable bonds is 5. The first-order valence-electron chi connectivity index (χ1n) is 9.38. The maximum atomic E-state index is 13.6. The number of carbonyl (C=O) groups excluding carboxylic acids is 3. The second kappa shape index (κ2) is 7.16. The van der Waals surface area contributed by atoms with Gasteiger partial charge in [-0.2, -0.15) is 5.26 Å². The normalized spacial score (nSPS) is 17.9. The molecular weight excluding hydrogens is 387 g/mol. The Morgan fingerprint density at radius 2 is 2.13 bits per heavy atom. The number of nitriles is 1. The minimum Gasteiger partial charge on any atom is -0.338 e. The minimum absolute atomic E-state index is 0.0654. The summed E-state index contributed by atoms with van der Waals surface area (Å²) in [5.74, 6) is -0.100. The quantitative estimate of drug-likeness (QED) is 0.452. The van der Waals surface area contributed by atoms with Crippen molar-refractivity contribution in [3.05, 3.63) is 52.1 Å². The predicted octanol–water partition coefficient (Wildman–Crippen LogP) is 2.11. The molecule has 2 heterocycles. The van der Waals surface area contributed by atoms with Crippen LogP contribution < -0.4 is 10.6 Å². The molecule has 0 bridgehead atoms. The highest BCUT2D eigenvalue weighted by Gasteiger charge is 2.50. The molecule has 1 saturated carbocycles. The van der Waals surface area contributed by atoms with Gasteiger partial charge >= 0.3 is 0 Å². The van der Waals surface area contributed by atoms with E-state index in [1.165, 1.54) is 12.1 Å². The number of ketones is 1. The smallest absolute Gasteiger partial charge is 0.293 e. The van der Waals surface area contributed by atoms with Gasteiger partial charge < -0.3 is 15.2 Å². The standard InChI is InChI=1S/C22H17FN4O3/c1-3-6-25-22(30)20(28)18-11(2)19(27-16-8-12(16)9-17(18)27)21(29)26-14-4-5-15(23)13(7-14)10-24/h1,4-5,7,12,16H,6,8-9H2,2H3,(H,25,30)(H,26,29). The number of benzene rings is 1. The van der Waals surface area contributed by atoms with E-state index in [0.29, 0.717) is 29.3 Å². The number of hydrogen-bond acceptors (Lipinski definition) is 4. The fourth-order valence-electron chi connectivity index (χ4n) is 4.14. The Bertz CT molecular complexity index is 1200. The van der Waals surface area contributed by atoms with Crippen LogP contribution in [0.5, 0.6) is 0 Å². The second-order valence-corrected chi connectivity index (χ2v) is 7.41. The number of fused-ring (bicyclic) bond motifs is 3. The molecule has 150 valence electrons. The Morgan fingerprint density at radius 3 is 2.83 bits per heavy atom. The molecule has 1 aromatic carbocycles. The molecule has 2 atom stereocenters. The molecule has 8 heteroatoms. The first kappa shape index (κ1) is 19.4. The Hall–Kier alpha value is -3.91. The molecule has 0 saturated heterocycles. The van der Waals surface area contributed by atoms with Crippen LogP contribution in [0, 0.1) is 42.3 Å². The van der Waals surface area contributed by atoms with Crippen molar-refractivity contribution in [2.24, 2.45) is 5.92 Å². The number of anilines is 1. The predicted molar refractivity (Wildman–Crippen MR) is 105 cm³/mol. The third kappa shape index (κ3) is 3.03. The van der Waals surface area contributed by atoms with Gasteiger partial charge in [-0.05, 0) is 49.4 Å². The molecule has 1 aliphatic heterocycles. The molecule has 2 amide bonds. The lowest BCUT2D eigenvalue weighted by Crippen LogP contribution is -2.32. The Balaban J connectivity index is 1.70. The summed E-state index contributed by atoms with van der Waals surface area (Å²) in [6.07, 6.45) is 6.66. The molecule has 2 unspecified atom stereocenters. The maximum absolute atomic E-state index is 13.6. The fraction of sp³-hybridized carbons (Fsp3) is 0.273. The molecular formula is C22H17FN4O3. The summed E-state index contributed by atoms with van der Waals surface area (Å²) in [7, 11) is 0. The van der Waals surface area contributed by atoms with E-state index in [4.69, 9.17) is 11.7 Å². The molecule has 7 nitrogen and oxygen atoms in total. The van der Waals surface area contributed by atoms with Crippen LogP contribution in [0.1, 0.15) is 50.1 Å². The molecule has 2 N–H and O–H groups in total. The third-order valence-electron chi connectivity index (χ3n) is 5.57. The van der Waals surface area contributed by atoms with Crippen LogP contribution in [0.15, 0.2) is 18.2 Å². The number of halogens is 1. The highest BCUT2D eigenvalue weighted by molar-refractivity contribution is 6.43. The summed E-state index contributed by atoms with van der Waals surface area (Å²) in [6.45, 7) is 1.56. The second-order valence-electron chi connectivity index (χ2n) is 7.41. The van der Waals surface area contributed by atoms with Gasteiger partial charge in [0, 0.05) is 17.4 Å². The van der Waals surface area contributed by atoms with Crippen LogP contribution in [-0.4, -0.2) is 28.7 Å². The van der Waals surface area contributed by atoms with Crippen molar-refractivity contribution in [2.45, 2.75) is 25.8 Å². The summed E-state index contributed by atoms with van der Waals surface area (Å²) in [6, 6.07) is 5.56. The molecule has 2 aromatic rings. The number of carbonyl (C=O) groups is 3. The van der Waals surface area contributed by atoms with Crippen molar-refractivity contribution in [2.75, 3.05) is 11.9 Å². The number of Topliss-reactive ketones (excluding diaryl/α,β-unsaturated/α-hetero) is 1. The van der Waals surface area contributed by atoms with Crippen LogP contribution in [0.3, 0.4) is 0 Å². The van der Waals surface area contributed by atoms with Crippen molar-refractivity contribution in [3.63, 3.8) is 0 Å². The zero-order valence-electron chi connectivity index (χ0n) is 16.1. The summed E-state index contributed by atoms with van der Waals surface area (Å²) < 4.78 is 15.4. The SMILES string of the molecule is C#CCNC(=O)C(=O)c1c(C)c(C(=O)Nc2ccc(F)c(C#N)c2)n2c1CC1CC12. The van der Waals surface area contributed by atoms with Gasteiger partial charge in [0.25, 0.3) is 17.6 Å². The van der Waals surface area contributed by atoms with E-state index < -0.39 is 23.4 Å². The van der Waals surface area contributed by atoms with Crippen molar-refractivity contribution in [1.29, 1.82) is 5.26 Å². The molecule has 30 heavy (non-hydrogen) atoms. The highest BCUT2D eigenvalue weighted by atomic mass is 19.1. The van der Waals surface area contributed by atoms with Crippen molar-refractivity contribution >= 4 is 23.3 Å². The van der Waals surface area contributed by atoms with Gasteiger partial charge in [0.1, 0.15) is 17.6 Å². The van der Waals surface area contributed by atoms with Gasteiger partial charge in [-0.1, -0.05) is 5.92 Å². The van der Waals surface area contributed by atoms with Crippen LogP contribution in [0.25, 0.3) is 0 Å². The highest BCUT2D eigenvalue weighted by Crippen LogP contribution is 2.54. The lowest BCUT2D eigenvalue weighted by molar-refractivity contribution is -0.116. The van der Waals surface area contributed by atoms with Crippen LogP contribution >= 0.6 is 0 Å². The minimum atomic E-state index is -0.811. The first-order valence-corrected chi connectivity index (χ1v) is 9.38. The Morgan fingerprint density at radius 1 is 1.37 bits per heavy atom. The summed E-state index contributed by atoms with van der Waals surface area (Å²) in [5, 5.41) is 14.0. The van der Waals surface area contributed by atoms with Gasteiger partial charge in [0.2, 0.25) is 0 Å². The summed E-state index contributed by atoms with van der Waals surface area (Å²) in [4.78, 5) is 38.0. The zero-order chi connectivity index (χ0) is 21.6. The van der Waals surface area contributed by atoms with E-state index in [9.17, 15) is 18.8 Å². The maximum Gasteiger partial charge on any atom is 0.293 e. The number of aromatic nitrogens is 1. The van der Waals surface area contributed by atoms with Crippen LogP contribution in [0.2, 0.25) is 0 Å². The number of amides is 2. The largest absolute Gasteiger partial charge is 0.338 e. The van der Waals surface area contributed by atoms with E-state index in [2.05, 4.69) is 16.6 Å². The summed E-state index contributed by atoms with van der Waals surface area (Å²) >= 11 is 0. The zero-order valence-corrected chi connectivity index (χ0v) is 16.1. The van der Waals surface area contributed by atoms with Crippen LogP contribution in [-0.2, 0) is 11.2 Å². The third-order valence-corrected chi connectivity index (χ3v) is 5.57. The van der Waals surface area contributed by atoms with Gasteiger partial charge in [-0.25, -0.2) is 4.39 Å². The van der Waals surface area contributed by atoms with Crippen LogP contribution in [0.4, 0.5) is 10.1 Å². The van der Waals surface area contributed by atoms with Gasteiger partial charge in [-0.3, -0.25) is 14.4 Å². The molecule has 0 spiro atoms. The topological polar surface area (TPSA) is 104 Å². The first-order chi connectivity index (χ1) is 14.4. The molecule has 1 aliphatic carbocycles. The van der Waals surface area contributed by atoms with E-state index in [-0.39, 0.29) is 29.4 Å². The molecule has 0 radical (unpaired) electrons. The monoisotopic (exact) mass is 404 g/mol. The van der Waals surface area contributed by atoms with E-state index in [1.54, 1.807) is 13.0 Å². The molecule has 4 rings (SSSR count). The van der Waals surface area contributed by atoms with E-state index in [0.717, 1.165) is 12.5 Å². The number of nitrogens with zero attached hydrogens (tertiary/aromatic N) is 2. The van der Waals surface area contributed by atoms with Crippen molar-refractivity contribution in [1.82, 2.24) is 9.88 Å². The van der Waals surface area contributed by atoms with Crippen molar-refractivity contribution in [3.8, 4) is 18.4 Å². The Labute approximate surface area is 171 Å². The van der Waals surface area contributed by atoms with Gasteiger partial charge in [0.15, 0.2) is 0 Å². The molecule has 1 aromatic heterocycles. The average Bonchev–Trinajstić information content (AvgIpc) is 3.30. The molecule has 2 aliphatic rings.